The van der Waals surface area contributed by atoms with E-state index in [0.717, 1.165) is 20.8 Å². The third kappa shape index (κ3) is 6.51. The molecule has 0 amide bonds. The number of ether oxygens (including phenoxy) is 5. The molecule has 1 heterocycles. The molecular weight excluding hydrogens is 448 g/mol. The molecule has 0 bridgehead atoms. The Morgan fingerprint density at radius 1 is 0.906 bits per heavy atom. The fourth-order valence-corrected chi connectivity index (χ4v) is 3.49. The van der Waals surface area contributed by atoms with Gasteiger partial charge in [0.05, 0.1) is 5.02 Å². The number of esters is 4. The SMILES string of the molecule is CC(=O)OCC1O[C@@H](c2ccc(Cl)c(C=O)c2)[C@H](OC(C)=O)[C@@H](OC(C)=O)[C@@H]1OC(C)=O. The molecule has 11 heteroatoms. The van der Waals surface area contributed by atoms with E-state index in [1.165, 1.54) is 25.1 Å². The highest BCUT2D eigenvalue weighted by Gasteiger charge is 2.52. The van der Waals surface area contributed by atoms with Crippen LogP contribution in [0.25, 0.3) is 0 Å². The fraction of sp³-hybridized carbons (Fsp3) is 0.476. The normalized spacial score (nSPS) is 24.7. The summed E-state index contributed by atoms with van der Waals surface area (Å²) in [5.74, 6) is -2.79. The first-order valence-electron chi connectivity index (χ1n) is 9.58. The van der Waals surface area contributed by atoms with Crippen molar-refractivity contribution in [2.24, 2.45) is 0 Å². The smallest absolute Gasteiger partial charge is 0.303 e. The van der Waals surface area contributed by atoms with Crippen molar-refractivity contribution in [2.75, 3.05) is 6.61 Å². The maximum absolute atomic E-state index is 11.9. The van der Waals surface area contributed by atoms with Crippen molar-refractivity contribution in [3.8, 4) is 0 Å². The van der Waals surface area contributed by atoms with E-state index < -0.39 is 54.4 Å². The Kier molecular flexibility index (Phi) is 8.73. The summed E-state index contributed by atoms with van der Waals surface area (Å²) < 4.78 is 27.1. The predicted molar refractivity (Wildman–Crippen MR) is 108 cm³/mol. The van der Waals surface area contributed by atoms with E-state index in [-0.39, 0.29) is 17.2 Å². The lowest BCUT2D eigenvalue weighted by Gasteiger charge is -2.44. The van der Waals surface area contributed by atoms with Crippen molar-refractivity contribution < 1.29 is 47.7 Å². The van der Waals surface area contributed by atoms with Crippen molar-refractivity contribution >= 4 is 41.8 Å². The molecule has 0 N–H and O–H groups in total. The van der Waals surface area contributed by atoms with Gasteiger partial charge in [-0.25, -0.2) is 0 Å². The zero-order valence-corrected chi connectivity index (χ0v) is 18.6. The van der Waals surface area contributed by atoms with Crippen LogP contribution in [0, 0.1) is 0 Å². The van der Waals surface area contributed by atoms with Crippen LogP contribution in [0.15, 0.2) is 18.2 Å². The fourth-order valence-electron chi connectivity index (χ4n) is 3.33. The quantitative estimate of drug-likeness (QED) is 0.331. The van der Waals surface area contributed by atoms with Gasteiger partial charge in [-0.2, -0.15) is 0 Å². The number of hydrogen-bond acceptors (Lipinski definition) is 10. The Morgan fingerprint density at radius 3 is 2.00 bits per heavy atom. The highest BCUT2D eigenvalue weighted by Crippen LogP contribution is 2.38. The average molecular weight is 471 g/mol. The van der Waals surface area contributed by atoms with Crippen molar-refractivity contribution in [2.45, 2.75) is 58.2 Å². The first-order chi connectivity index (χ1) is 15.0. The number of carbonyl (C=O) groups is 5. The molecule has 0 saturated carbocycles. The van der Waals surface area contributed by atoms with E-state index in [9.17, 15) is 24.0 Å². The molecule has 0 radical (unpaired) electrons. The number of rotatable bonds is 7. The molecular formula is C21H23ClO10. The van der Waals surface area contributed by atoms with Crippen LogP contribution in [-0.4, -0.2) is 61.2 Å². The van der Waals surface area contributed by atoms with Gasteiger partial charge in [0, 0.05) is 33.3 Å². The Morgan fingerprint density at radius 2 is 1.47 bits per heavy atom. The van der Waals surface area contributed by atoms with Gasteiger partial charge in [-0.3, -0.25) is 24.0 Å². The Balaban J connectivity index is 2.59. The largest absolute Gasteiger partial charge is 0.463 e. The van der Waals surface area contributed by atoms with Crippen LogP contribution in [-0.2, 0) is 42.9 Å². The summed E-state index contributed by atoms with van der Waals surface area (Å²) >= 11 is 6.01. The number of aldehydes is 1. The van der Waals surface area contributed by atoms with Gasteiger partial charge in [-0.15, -0.1) is 0 Å². The van der Waals surface area contributed by atoms with Gasteiger partial charge in [0.2, 0.25) is 0 Å². The zero-order valence-electron chi connectivity index (χ0n) is 17.9. The summed E-state index contributed by atoms with van der Waals surface area (Å²) in [6, 6.07) is 4.42. The summed E-state index contributed by atoms with van der Waals surface area (Å²) in [5.41, 5.74) is 0.519. The first kappa shape index (κ1) is 25.3. The van der Waals surface area contributed by atoms with E-state index in [4.69, 9.17) is 35.3 Å². The monoisotopic (exact) mass is 470 g/mol. The molecule has 0 aliphatic carbocycles. The van der Waals surface area contributed by atoms with Crippen LogP contribution < -0.4 is 0 Å². The topological polar surface area (TPSA) is 132 Å². The summed E-state index contributed by atoms with van der Waals surface area (Å²) in [6.07, 6.45) is -5.43. The molecule has 1 aliphatic heterocycles. The van der Waals surface area contributed by atoms with Crippen LogP contribution in [0.2, 0.25) is 5.02 Å². The van der Waals surface area contributed by atoms with Crippen LogP contribution >= 0.6 is 11.6 Å². The molecule has 1 unspecified atom stereocenters. The molecule has 0 aromatic heterocycles. The number of carbonyl (C=O) groups excluding carboxylic acids is 5. The molecule has 32 heavy (non-hydrogen) atoms. The lowest BCUT2D eigenvalue weighted by Crippen LogP contribution is -2.59. The minimum Gasteiger partial charge on any atom is -0.463 e. The standard InChI is InChI=1S/C21H23ClO10/c1-10(24)28-9-17-19(29-11(2)25)21(31-13(4)27)20(30-12(3)26)18(32-17)14-5-6-16(22)15(7-14)8-23/h5-8,17-21H,9H2,1-4H3/t17?,18-,19+,20-,21-/m0/s1. The molecule has 1 saturated heterocycles. The Labute approximate surface area is 189 Å². The van der Waals surface area contributed by atoms with Crippen molar-refractivity contribution in [1.82, 2.24) is 0 Å². The van der Waals surface area contributed by atoms with E-state index in [0.29, 0.717) is 11.8 Å². The minimum absolute atomic E-state index is 0.150. The second-order valence-electron chi connectivity index (χ2n) is 7.02. The Hall–Kier alpha value is -2.98. The van der Waals surface area contributed by atoms with Gasteiger partial charge >= 0.3 is 23.9 Å². The average Bonchev–Trinajstić information content (AvgIpc) is 2.69. The third-order valence-electron chi connectivity index (χ3n) is 4.47. The Bertz CT molecular complexity index is 899. The molecule has 0 spiro atoms. The summed E-state index contributed by atoms with van der Waals surface area (Å²) in [4.78, 5) is 58.1. The molecule has 5 atom stereocenters. The highest BCUT2D eigenvalue weighted by molar-refractivity contribution is 6.32. The van der Waals surface area contributed by atoms with Crippen LogP contribution in [0.5, 0.6) is 0 Å². The van der Waals surface area contributed by atoms with E-state index >= 15 is 0 Å². The van der Waals surface area contributed by atoms with Crippen LogP contribution in [0.1, 0.15) is 49.7 Å². The minimum atomic E-state index is -1.30. The summed E-state index contributed by atoms with van der Waals surface area (Å²) in [5, 5.41) is 0.189. The van der Waals surface area contributed by atoms with E-state index in [1.54, 1.807) is 0 Å². The van der Waals surface area contributed by atoms with Gasteiger partial charge in [-0.05, 0) is 17.7 Å². The lowest BCUT2D eigenvalue weighted by atomic mass is 9.90. The second kappa shape index (κ2) is 11.1. The zero-order chi connectivity index (χ0) is 24.0. The number of halogens is 1. The highest BCUT2D eigenvalue weighted by atomic mass is 35.5. The third-order valence-corrected chi connectivity index (χ3v) is 4.81. The van der Waals surface area contributed by atoms with E-state index in [2.05, 4.69) is 0 Å². The van der Waals surface area contributed by atoms with Gasteiger partial charge in [-0.1, -0.05) is 17.7 Å². The van der Waals surface area contributed by atoms with Crippen molar-refractivity contribution in [3.05, 3.63) is 34.3 Å². The molecule has 174 valence electrons. The second-order valence-corrected chi connectivity index (χ2v) is 7.43. The molecule has 2 rings (SSSR count). The van der Waals surface area contributed by atoms with Gasteiger partial charge in [0.25, 0.3) is 0 Å². The van der Waals surface area contributed by atoms with Crippen molar-refractivity contribution in [3.63, 3.8) is 0 Å². The molecule has 1 aromatic rings. The van der Waals surface area contributed by atoms with Gasteiger partial charge in [0.1, 0.15) is 18.8 Å². The first-order valence-corrected chi connectivity index (χ1v) is 9.96. The molecule has 1 fully saturated rings. The number of hydrogen-bond donors (Lipinski definition) is 0. The van der Waals surface area contributed by atoms with Crippen molar-refractivity contribution in [1.29, 1.82) is 0 Å². The molecule has 1 aliphatic rings. The van der Waals surface area contributed by atoms with E-state index in [1.807, 2.05) is 0 Å². The van der Waals surface area contributed by atoms with Crippen LogP contribution in [0.4, 0.5) is 0 Å². The predicted octanol–water partition coefficient (Wildman–Crippen LogP) is 1.95. The summed E-state index contributed by atoms with van der Waals surface area (Å²) in [6.45, 7) is 4.25. The maximum Gasteiger partial charge on any atom is 0.303 e. The summed E-state index contributed by atoms with van der Waals surface area (Å²) in [7, 11) is 0. The number of benzene rings is 1. The molecule has 10 nitrogen and oxygen atoms in total. The van der Waals surface area contributed by atoms with Crippen LogP contribution in [0.3, 0.4) is 0 Å². The van der Waals surface area contributed by atoms with Gasteiger partial charge < -0.3 is 23.7 Å². The molecule has 1 aromatic carbocycles. The lowest BCUT2D eigenvalue weighted by molar-refractivity contribution is -0.254. The maximum atomic E-state index is 11.9. The van der Waals surface area contributed by atoms with Gasteiger partial charge in [0.15, 0.2) is 24.6 Å².